The number of hydrogen-bond donors (Lipinski definition) is 1. The molecule has 3 nitrogen and oxygen atoms in total. The third kappa shape index (κ3) is 3.70. The highest BCUT2D eigenvalue weighted by Crippen LogP contribution is 2.41. The Morgan fingerprint density at radius 2 is 2.29 bits per heavy atom. The molecular formula is C17H22FN3. The van der Waals surface area contributed by atoms with Gasteiger partial charge in [-0.1, -0.05) is 6.92 Å². The summed E-state index contributed by atoms with van der Waals surface area (Å²) >= 11 is 0. The van der Waals surface area contributed by atoms with Crippen LogP contribution in [0.3, 0.4) is 0 Å². The van der Waals surface area contributed by atoms with E-state index in [2.05, 4.69) is 40.3 Å². The first-order chi connectivity index (χ1) is 10.3. The van der Waals surface area contributed by atoms with E-state index in [9.17, 15) is 4.39 Å². The van der Waals surface area contributed by atoms with E-state index in [0.717, 1.165) is 24.4 Å². The Kier molecular flexibility index (Phi) is 4.34. The number of nitrogens with one attached hydrogen (secondary N) is 1. The zero-order chi connectivity index (χ0) is 14.7. The fourth-order valence-electron chi connectivity index (χ4n) is 2.78. The smallest absolute Gasteiger partial charge is 0.141 e. The van der Waals surface area contributed by atoms with Crippen molar-refractivity contribution in [2.75, 3.05) is 6.54 Å². The standard InChI is InChI=1S/C17H22FN3/c1-2-6-20-17(14-3-4-14)15-5-7-21(12-15)11-13-8-16(18)10-19-9-13/h5,7-10,12,14,17,20H,2-4,6,11H2,1H3. The maximum absolute atomic E-state index is 13.2. The third-order valence-electron chi connectivity index (χ3n) is 3.97. The van der Waals surface area contributed by atoms with Crippen LogP contribution in [0.2, 0.25) is 0 Å². The van der Waals surface area contributed by atoms with Crippen LogP contribution < -0.4 is 5.32 Å². The van der Waals surface area contributed by atoms with E-state index in [1.807, 2.05) is 0 Å². The number of halogens is 1. The second kappa shape index (κ2) is 6.39. The number of pyridine rings is 1. The van der Waals surface area contributed by atoms with Gasteiger partial charge in [0.05, 0.1) is 6.20 Å². The Hall–Kier alpha value is -1.68. The van der Waals surface area contributed by atoms with Crippen LogP contribution in [0.5, 0.6) is 0 Å². The van der Waals surface area contributed by atoms with Gasteiger partial charge in [-0.2, -0.15) is 0 Å². The summed E-state index contributed by atoms with van der Waals surface area (Å²) in [6, 6.07) is 4.19. The minimum Gasteiger partial charge on any atom is -0.350 e. The number of rotatable bonds is 7. The summed E-state index contributed by atoms with van der Waals surface area (Å²) in [6.45, 7) is 3.91. The highest BCUT2D eigenvalue weighted by Gasteiger charge is 2.32. The molecule has 1 unspecified atom stereocenters. The minimum atomic E-state index is -0.277. The second-order valence-electron chi connectivity index (χ2n) is 5.90. The molecule has 1 atom stereocenters. The molecule has 0 radical (unpaired) electrons. The third-order valence-corrected chi connectivity index (χ3v) is 3.97. The van der Waals surface area contributed by atoms with Crippen molar-refractivity contribution in [1.29, 1.82) is 0 Å². The Bertz CT molecular complexity index is 589. The summed E-state index contributed by atoms with van der Waals surface area (Å²) < 4.78 is 15.3. The van der Waals surface area contributed by atoms with Gasteiger partial charge in [0.1, 0.15) is 5.82 Å². The Balaban J connectivity index is 1.70. The molecule has 1 aliphatic carbocycles. The lowest BCUT2D eigenvalue weighted by Gasteiger charge is -2.16. The largest absolute Gasteiger partial charge is 0.350 e. The molecule has 21 heavy (non-hydrogen) atoms. The maximum Gasteiger partial charge on any atom is 0.141 e. The van der Waals surface area contributed by atoms with Crippen molar-refractivity contribution in [3.05, 3.63) is 53.9 Å². The van der Waals surface area contributed by atoms with Gasteiger partial charge in [0.25, 0.3) is 0 Å². The molecule has 1 N–H and O–H groups in total. The first-order valence-corrected chi connectivity index (χ1v) is 7.74. The van der Waals surface area contributed by atoms with Crippen LogP contribution in [0.1, 0.15) is 43.4 Å². The van der Waals surface area contributed by atoms with E-state index >= 15 is 0 Å². The number of hydrogen-bond acceptors (Lipinski definition) is 2. The first kappa shape index (κ1) is 14.3. The summed E-state index contributed by atoms with van der Waals surface area (Å²) in [5.41, 5.74) is 2.23. The highest BCUT2D eigenvalue weighted by atomic mass is 19.1. The molecule has 0 aromatic carbocycles. The first-order valence-electron chi connectivity index (χ1n) is 7.74. The van der Waals surface area contributed by atoms with Crippen LogP contribution in [0.15, 0.2) is 36.9 Å². The van der Waals surface area contributed by atoms with Gasteiger partial charge in [-0.15, -0.1) is 0 Å². The van der Waals surface area contributed by atoms with E-state index in [0.29, 0.717) is 12.6 Å². The minimum absolute atomic E-state index is 0.277. The van der Waals surface area contributed by atoms with E-state index in [4.69, 9.17) is 0 Å². The van der Waals surface area contributed by atoms with Gasteiger partial charge in [-0.25, -0.2) is 4.39 Å². The van der Waals surface area contributed by atoms with Crippen LogP contribution in [0.25, 0.3) is 0 Å². The molecule has 2 aromatic rings. The fraction of sp³-hybridized carbons (Fsp3) is 0.471. The van der Waals surface area contributed by atoms with E-state index in [-0.39, 0.29) is 5.82 Å². The number of aromatic nitrogens is 2. The molecule has 3 rings (SSSR count). The van der Waals surface area contributed by atoms with Gasteiger partial charge >= 0.3 is 0 Å². The lowest BCUT2D eigenvalue weighted by molar-refractivity contribution is 0.480. The molecule has 0 saturated heterocycles. The van der Waals surface area contributed by atoms with Crippen LogP contribution in [-0.2, 0) is 6.54 Å². The Morgan fingerprint density at radius 1 is 1.43 bits per heavy atom. The Morgan fingerprint density at radius 3 is 3.00 bits per heavy atom. The van der Waals surface area contributed by atoms with Gasteiger partial charge in [-0.3, -0.25) is 4.98 Å². The average Bonchev–Trinajstić information content (AvgIpc) is 3.20. The Labute approximate surface area is 125 Å². The predicted molar refractivity (Wildman–Crippen MR) is 81.5 cm³/mol. The molecule has 1 aliphatic rings. The SMILES string of the molecule is CCCNC(c1ccn(Cc2cncc(F)c2)c1)C1CC1. The average molecular weight is 287 g/mol. The van der Waals surface area contributed by atoms with Crippen molar-refractivity contribution in [3.63, 3.8) is 0 Å². The van der Waals surface area contributed by atoms with Crippen LogP contribution in [-0.4, -0.2) is 16.1 Å². The number of nitrogens with zero attached hydrogens (tertiary/aromatic N) is 2. The van der Waals surface area contributed by atoms with Crippen molar-refractivity contribution in [2.24, 2.45) is 5.92 Å². The lowest BCUT2D eigenvalue weighted by atomic mass is 10.1. The molecule has 2 heterocycles. The molecule has 2 aromatic heterocycles. The molecule has 1 fully saturated rings. The normalized spacial score (nSPS) is 16.1. The summed E-state index contributed by atoms with van der Waals surface area (Å²) in [7, 11) is 0. The van der Waals surface area contributed by atoms with Crippen LogP contribution in [0, 0.1) is 11.7 Å². The van der Waals surface area contributed by atoms with Gasteiger partial charge in [0.15, 0.2) is 0 Å². The predicted octanol–water partition coefficient (Wildman–Crippen LogP) is 3.52. The van der Waals surface area contributed by atoms with E-state index < -0.39 is 0 Å². The summed E-state index contributed by atoms with van der Waals surface area (Å²) in [6.07, 6.45) is 11.0. The van der Waals surface area contributed by atoms with E-state index in [1.165, 1.54) is 24.6 Å². The molecule has 0 amide bonds. The molecule has 112 valence electrons. The van der Waals surface area contributed by atoms with Crippen LogP contribution >= 0.6 is 0 Å². The van der Waals surface area contributed by atoms with Crippen LogP contribution in [0.4, 0.5) is 4.39 Å². The molecule has 0 spiro atoms. The topological polar surface area (TPSA) is 29.9 Å². The van der Waals surface area contributed by atoms with Crippen molar-refractivity contribution in [2.45, 2.75) is 38.8 Å². The van der Waals surface area contributed by atoms with Gasteiger partial charge < -0.3 is 9.88 Å². The molecule has 1 saturated carbocycles. The summed E-state index contributed by atoms with van der Waals surface area (Å²) in [5, 5.41) is 3.65. The van der Waals surface area contributed by atoms with Crippen molar-refractivity contribution in [1.82, 2.24) is 14.9 Å². The monoisotopic (exact) mass is 287 g/mol. The fourth-order valence-corrected chi connectivity index (χ4v) is 2.78. The maximum atomic E-state index is 13.2. The zero-order valence-corrected chi connectivity index (χ0v) is 12.4. The molecule has 0 aliphatic heterocycles. The molecule has 4 heteroatoms. The van der Waals surface area contributed by atoms with Crippen molar-refractivity contribution in [3.8, 4) is 0 Å². The van der Waals surface area contributed by atoms with Gasteiger partial charge in [0.2, 0.25) is 0 Å². The second-order valence-corrected chi connectivity index (χ2v) is 5.90. The highest BCUT2D eigenvalue weighted by molar-refractivity contribution is 5.20. The molecular weight excluding hydrogens is 265 g/mol. The lowest BCUT2D eigenvalue weighted by Crippen LogP contribution is -2.23. The van der Waals surface area contributed by atoms with Crippen molar-refractivity contribution < 1.29 is 4.39 Å². The molecule has 0 bridgehead atoms. The zero-order valence-electron chi connectivity index (χ0n) is 12.4. The van der Waals surface area contributed by atoms with Crippen molar-refractivity contribution >= 4 is 0 Å². The quantitative estimate of drug-likeness (QED) is 0.844. The van der Waals surface area contributed by atoms with Gasteiger partial charge in [0, 0.05) is 31.2 Å². The van der Waals surface area contributed by atoms with Gasteiger partial charge in [-0.05, 0) is 55.0 Å². The summed E-state index contributed by atoms with van der Waals surface area (Å²) in [4.78, 5) is 3.90. The summed E-state index contributed by atoms with van der Waals surface area (Å²) in [5.74, 6) is 0.503. The van der Waals surface area contributed by atoms with E-state index in [1.54, 1.807) is 12.3 Å².